The molecule has 0 amide bonds. The van der Waals surface area contributed by atoms with Crippen molar-refractivity contribution in [2.45, 2.75) is 53.4 Å². The van der Waals surface area contributed by atoms with Gasteiger partial charge in [-0.2, -0.15) is 0 Å². The third-order valence-electron chi connectivity index (χ3n) is 3.49. The van der Waals surface area contributed by atoms with Gasteiger partial charge in [0.25, 0.3) is 0 Å². The van der Waals surface area contributed by atoms with Crippen LogP contribution in [0.25, 0.3) is 0 Å². The Morgan fingerprint density at radius 1 is 1.22 bits per heavy atom. The molecule has 1 N–H and O–H groups in total. The van der Waals surface area contributed by atoms with Gasteiger partial charge < -0.3 is 5.11 Å². The van der Waals surface area contributed by atoms with E-state index >= 15 is 0 Å². The zero-order valence-corrected chi connectivity index (χ0v) is 11.7. The standard InChI is InChI=1S/C15H22O3/c1-5-6-7-8-15(3,4)12-11(16)9-10(2)13(17)14(12)18/h9,18H,5-8H2,1-4H3. The van der Waals surface area contributed by atoms with Crippen molar-refractivity contribution < 1.29 is 14.7 Å². The number of ketones is 2. The lowest BCUT2D eigenvalue weighted by Crippen LogP contribution is -2.28. The van der Waals surface area contributed by atoms with Crippen molar-refractivity contribution in [2.24, 2.45) is 5.41 Å². The molecule has 0 unspecified atom stereocenters. The molecule has 0 spiro atoms. The first-order valence-corrected chi connectivity index (χ1v) is 6.52. The van der Waals surface area contributed by atoms with E-state index in [0.29, 0.717) is 5.57 Å². The largest absolute Gasteiger partial charge is 0.504 e. The van der Waals surface area contributed by atoms with Crippen LogP contribution in [0.5, 0.6) is 0 Å². The maximum absolute atomic E-state index is 12.0. The fraction of sp³-hybridized carbons (Fsp3) is 0.600. The van der Waals surface area contributed by atoms with E-state index in [4.69, 9.17) is 0 Å². The average Bonchev–Trinajstić information content (AvgIpc) is 2.25. The topological polar surface area (TPSA) is 54.4 Å². The molecule has 0 aromatic heterocycles. The van der Waals surface area contributed by atoms with Crippen molar-refractivity contribution in [3.8, 4) is 0 Å². The molecule has 0 atom stereocenters. The fourth-order valence-corrected chi connectivity index (χ4v) is 2.35. The summed E-state index contributed by atoms with van der Waals surface area (Å²) in [6, 6.07) is 0. The van der Waals surface area contributed by atoms with Gasteiger partial charge in [0, 0.05) is 5.57 Å². The molecule has 3 nitrogen and oxygen atoms in total. The number of aliphatic hydroxyl groups is 1. The first kappa shape index (κ1) is 14.7. The van der Waals surface area contributed by atoms with E-state index in [2.05, 4.69) is 6.92 Å². The van der Waals surface area contributed by atoms with E-state index in [1.54, 1.807) is 6.92 Å². The molecule has 1 rings (SSSR count). The van der Waals surface area contributed by atoms with Gasteiger partial charge in [0.1, 0.15) is 0 Å². The van der Waals surface area contributed by atoms with Crippen LogP contribution in [0.2, 0.25) is 0 Å². The van der Waals surface area contributed by atoms with Gasteiger partial charge in [-0.15, -0.1) is 0 Å². The molecule has 0 fully saturated rings. The molecule has 0 saturated heterocycles. The third kappa shape index (κ3) is 2.89. The predicted octanol–water partition coefficient (Wildman–Crippen LogP) is 3.50. The summed E-state index contributed by atoms with van der Waals surface area (Å²) in [6.07, 6.45) is 5.32. The number of Topliss-reactive ketones (excluding diaryl/α,β-unsaturated/α-hetero) is 1. The molecular weight excluding hydrogens is 228 g/mol. The molecule has 0 radical (unpaired) electrons. The molecule has 18 heavy (non-hydrogen) atoms. The van der Waals surface area contributed by atoms with Crippen molar-refractivity contribution in [3.63, 3.8) is 0 Å². The van der Waals surface area contributed by atoms with Crippen LogP contribution in [0.15, 0.2) is 23.0 Å². The average molecular weight is 250 g/mol. The van der Waals surface area contributed by atoms with E-state index in [1.165, 1.54) is 6.08 Å². The van der Waals surface area contributed by atoms with E-state index < -0.39 is 11.2 Å². The molecule has 3 heteroatoms. The first-order chi connectivity index (χ1) is 8.31. The molecule has 1 aliphatic rings. The minimum atomic E-state index is -0.455. The first-order valence-electron chi connectivity index (χ1n) is 6.52. The maximum Gasteiger partial charge on any atom is 0.223 e. The van der Waals surface area contributed by atoms with Crippen LogP contribution in [-0.2, 0) is 9.59 Å². The summed E-state index contributed by atoms with van der Waals surface area (Å²) in [5.74, 6) is -1.01. The van der Waals surface area contributed by atoms with E-state index in [1.807, 2.05) is 13.8 Å². The van der Waals surface area contributed by atoms with Gasteiger partial charge >= 0.3 is 0 Å². The molecule has 0 heterocycles. The second kappa shape index (κ2) is 5.51. The number of aliphatic hydroxyl groups excluding tert-OH is 1. The van der Waals surface area contributed by atoms with Crippen LogP contribution in [0.1, 0.15) is 53.4 Å². The molecule has 0 bridgehead atoms. The highest BCUT2D eigenvalue weighted by Crippen LogP contribution is 2.37. The summed E-state index contributed by atoms with van der Waals surface area (Å²) in [6.45, 7) is 7.49. The summed E-state index contributed by atoms with van der Waals surface area (Å²) in [5.41, 5.74) is 0.128. The Morgan fingerprint density at radius 2 is 1.83 bits per heavy atom. The van der Waals surface area contributed by atoms with Gasteiger partial charge in [0.2, 0.25) is 5.78 Å². The molecule has 0 aromatic rings. The summed E-state index contributed by atoms with van der Waals surface area (Å²) in [7, 11) is 0. The Labute approximate surface area is 109 Å². The van der Waals surface area contributed by atoms with E-state index in [9.17, 15) is 14.7 Å². The molecular formula is C15H22O3. The second-order valence-electron chi connectivity index (χ2n) is 5.59. The van der Waals surface area contributed by atoms with Crippen LogP contribution >= 0.6 is 0 Å². The molecule has 0 saturated carbocycles. The van der Waals surface area contributed by atoms with Crippen LogP contribution in [-0.4, -0.2) is 16.7 Å². The van der Waals surface area contributed by atoms with Gasteiger partial charge in [-0.1, -0.05) is 40.0 Å². The lowest BCUT2D eigenvalue weighted by atomic mass is 9.74. The van der Waals surface area contributed by atoms with E-state index in [-0.39, 0.29) is 17.1 Å². The van der Waals surface area contributed by atoms with Crippen LogP contribution in [0.3, 0.4) is 0 Å². The zero-order chi connectivity index (χ0) is 13.9. The number of carbonyl (C=O) groups excluding carboxylic acids is 2. The number of hydrogen-bond donors (Lipinski definition) is 1. The summed E-state index contributed by atoms with van der Waals surface area (Å²) in [4.78, 5) is 23.7. The normalized spacial score (nSPS) is 17.2. The molecule has 100 valence electrons. The van der Waals surface area contributed by atoms with Crippen LogP contribution in [0, 0.1) is 5.41 Å². The van der Waals surface area contributed by atoms with Crippen molar-refractivity contribution in [3.05, 3.63) is 23.0 Å². The van der Waals surface area contributed by atoms with Crippen molar-refractivity contribution >= 4 is 11.6 Å². The number of unbranched alkanes of at least 4 members (excludes halogenated alkanes) is 2. The van der Waals surface area contributed by atoms with Crippen molar-refractivity contribution in [2.75, 3.05) is 0 Å². The van der Waals surface area contributed by atoms with Gasteiger partial charge in [0.05, 0.1) is 5.57 Å². The van der Waals surface area contributed by atoms with Gasteiger partial charge in [0.15, 0.2) is 11.5 Å². The highest BCUT2D eigenvalue weighted by molar-refractivity contribution is 6.21. The SMILES string of the molecule is CCCCCC(C)(C)C1=C(O)C(=O)C(C)=CC1=O. The number of hydrogen-bond acceptors (Lipinski definition) is 3. The lowest BCUT2D eigenvalue weighted by Gasteiger charge is -2.29. The minimum absolute atomic E-state index is 0.230. The van der Waals surface area contributed by atoms with E-state index in [0.717, 1.165) is 25.7 Å². The van der Waals surface area contributed by atoms with Gasteiger partial charge in [-0.3, -0.25) is 9.59 Å². The van der Waals surface area contributed by atoms with Crippen LogP contribution in [0.4, 0.5) is 0 Å². The second-order valence-corrected chi connectivity index (χ2v) is 5.59. The molecule has 0 aliphatic heterocycles. The highest BCUT2D eigenvalue weighted by Gasteiger charge is 2.36. The monoisotopic (exact) mass is 250 g/mol. The Morgan fingerprint density at radius 3 is 2.39 bits per heavy atom. The fourth-order valence-electron chi connectivity index (χ4n) is 2.35. The third-order valence-corrected chi connectivity index (χ3v) is 3.49. The molecule has 0 aromatic carbocycles. The summed E-state index contributed by atoms with van der Waals surface area (Å²) < 4.78 is 0. The van der Waals surface area contributed by atoms with Crippen molar-refractivity contribution in [1.29, 1.82) is 0 Å². The molecule has 1 aliphatic carbocycles. The van der Waals surface area contributed by atoms with Gasteiger partial charge in [-0.05, 0) is 24.8 Å². The minimum Gasteiger partial charge on any atom is -0.504 e. The van der Waals surface area contributed by atoms with Gasteiger partial charge in [-0.25, -0.2) is 0 Å². The lowest BCUT2D eigenvalue weighted by molar-refractivity contribution is -0.118. The maximum atomic E-state index is 12.0. The zero-order valence-electron chi connectivity index (χ0n) is 11.7. The smallest absolute Gasteiger partial charge is 0.223 e. The van der Waals surface area contributed by atoms with Crippen molar-refractivity contribution in [1.82, 2.24) is 0 Å². The Bertz CT molecular complexity index is 425. The number of carbonyl (C=O) groups is 2. The summed E-state index contributed by atoms with van der Waals surface area (Å²) >= 11 is 0. The summed E-state index contributed by atoms with van der Waals surface area (Å²) in [5, 5.41) is 9.94. The quantitative estimate of drug-likeness (QED) is 0.600. The number of rotatable bonds is 5. The highest BCUT2D eigenvalue weighted by atomic mass is 16.3. The number of allylic oxidation sites excluding steroid dienone is 3. The Balaban J connectivity index is 2.99. The Hall–Kier alpha value is -1.38. The predicted molar refractivity (Wildman–Crippen MR) is 71.3 cm³/mol. The Kier molecular flexibility index (Phi) is 4.49. The van der Waals surface area contributed by atoms with Crippen LogP contribution < -0.4 is 0 Å².